The second-order valence-corrected chi connectivity index (χ2v) is 4.90. The predicted octanol–water partition coefficient (Wildman–Crippen LogP) is 1.84. The van der Waals surface area contributed by atoms with E-state index in [9.17, 15) is 0 Å². The van der Waals surface area contributed by atoms with Crippen molar-refractivity contribution in [3.05, 3.63) is 12.7 Å². The third kappa shape index (κ3) is 6.23. The molecule has 15 heavy (non-hydrogen) atoms. The molecular formula is C11H22N4. The maximum absolute atomic E-state index is 4.06. The molecule has 4 nitrogen and oxygen atoms in total. The van der Waals surface area contributed by atoms with Gasteiger partial charge in [0.2, 0.25) is 0 Å². The number of hydrogen-bond acceptors (Lipinski definition) is 3. The van der Waals surface area contributed by atoms with Crippen LogP contribution in [0, 0.1) is 0 Å². The molecule has 0 bridgehead atoms. The van der Waals surface area contributed by atoms with Gasteiger partial charge in [0, 0.05) is 12.1 Å². The van der Waals surface area contributed by atoms with Crippen LogP contribution in [0.1, 0.15) is 40.0 Å². The molecule has 0 amide bonds. The van der Waals surface area contributed by atoms with Crippen molar-refractivity contribution in [2.24, 2.45) is 0 Å². The van der Waals surface area contributed by atoms with Gasteiger partial charge in [0.15, 0.2) is 0 Å². The number of aryl methyl sites for hydroxylation is 1. The number of nitrogens with one attached hydrogen (secondary N) is 1. The second kappa shape index (κ2) is 5.85. The quantitative estimate of drug-likeness (QED) is 0.728. The summed E-state index contributed by atoms with van der Waals surface area (Å²) in [4.78, 5) is 3.91. The fourth-order valence-electron chi connectivity index (χ4n) is 1.39. The lowest BCUT2D eigenvalue weighted by Gasteiger charge is -2.20. The fourth-order valence-corrected chi connectivity index (χ4v) is 1.39. The first-order valence-electron chi connectivity index (χ1n) is 5.65. The van der Waals surface area contributed by atoms with Crippen LogP contribution < -0.4 is 5.32 Å². The standard InChI is InChI=1S/C11H22N4/c1-11(2,3)13-7-5-4-6-8-15-10-12-9-14-15/h9-10,13H,4-8H2,1-3H3. The van der Waals surface area contributed by atoms with Gasteiger partial charge in [-0.15, -0.1) is 0 Å². The molecular weight excluding hydrogens is 188 g/mol. The molecule has 4 heteroatoms. The Labute approximate surface area is 92.1 Å². The SMILES string of the molecule is CC(C)(C)NCCCCCn1cncn1. The van der Waals surface area contributed by atoms with Gasteiger partial charge < -0.3 is 5.32 Å². The maximum Gasteiger partial charge on any atom is 0.137 e. The molecule has 1 N–H and O–H groups in total. The number of hydrogen-bond donors (Lipinski definition) is 1. The van der Waals surface area contributed by atoms with E-state index in [2.05, 4.69) is 36.2 Å². The molecule has 0 aromatic carbocycles. The van der Waals surface area contributed by atoms with E-state index in [0.29, 0.717) is 0 Å². The molecule has 0 aliphatic rings. The Morgan fingerprint density at radius 1 is 1.20 bits per heavy atom. The molecule has 0 unspecified atom stereocenters. The zero-order valence-corrected chi connectivity index (χ0v) is 10.0. The van der Waals surface area contributed by atoms with Crippen molar-refractivity contribution in [3.63, 3.8) is 0 Å². The molecule has 1 heterocycles. The van der Waals surface area contributed by atoms with Gasteiger partial charge >= 0.3 is 0 Å². The van der Waals surface area contributed by atoms with Gasteiger partial charge in [-0.2, -0.15) is 5.10 Å². The molecule has 0 saturated heterocycles. The molecule has 0 aliphatic heterocycles. The summed E-state index contributed by atoms with van der Waals surface area (Å²) in [6.45, 7) is 8.67. The van der Waals surface area contributed by atoms with Crippen LogP contribution in [0.4, 0.5) is 0 Å². The van der Waals surface area contributed by atoms with Gasteiger partial charge in [0.25, 0.3) is 0 Å². The zero-order chi connectivity index (χ0) is 11.1. The van der Waals surface area contributed by atoms with E-state index < -0.39 is 0 Å². The Hall–Kier alpha value is -0.900. The Kier molecular flexibility index (Phi) is 4.75. The van der Waals surface area contributed by atoms with Crippen LogP contribution in [0.25, 0.3) is 0 Å². The van der Waals surface area contributed by atoms with Crippen LogP contribution in [0.2, 0.25) is 0 Å². The number of aromatic nitrogens is 3. The van der Waals surface area contributed by atoms with Gasteiger partial charge in [-0.05, 0) is 40.2 Å². The van der Waals surface area contributed by atoms with E-state index in [-0.39, 0.29) is 5.54 Å². The predicted molar refractivity (Wildman–Crippen MR) is 61.6 cm³/mol. The first-order chi connectivity index (χ1) is 7.08. The molecule has 0 spiro atoms. The molecule has 1 rings (SSSR count). The summed E-state index contributed by atoms with van der Waals surface area (Å²) in [6, 6.07) is 0. The minimum Gasteiger partial charge on any atom is -0.312 e. The maximum atomic E-state index is 4.06. The van der Waals surface area contributed by atoms with Crippen molar-refractivity contribution < 1.29 is 0 Å². The Balaban J connectivity index is 1.94. The van der Waals surface area contributed by atoms with Gasteiger partial charge in [-0.1, -0.05) is 6.42 Å². The van der Waals surface area contributed by atoms with Gasteiger partial charge in [0.05, 0.1) is 0 Å². The average molecular weight is 210 g/mol. The second-order valence-electron chi connectivity index (χ2n) is 4.90. The van der Waals surface area contributed by atoms with Gasteiger partial charge in [-0.25, -0.2) is 4.98 Å². The Morgan fingerprint density at radius 3 is 2.60 bits per heavy atom. The van der Waals surface area contributed by atoms with Gasteiger partial charge in [0.1, 0.15) is 12.7 Å². The first kappa shape index (κ1) is 12.2. The largest absolute Gasteiger partial charge is 0.312 e. The van der Waals surface area contributed by atoms with Crippen LogP contribution in [0.3, 0.4) is 0 Å². The molecule has 1 aromatic rings. The normalized spacial score (nSPS) is 11.9. The summed E-state index contributed by atoms with van der Waals surface area (Å²) in [6.07, 6.45) is 7.00. The van der Waals surface area contributed by atoms with E-state index in [1.807, 2.05) is 4.68 Å². The highest BCUT2D eigenvalue weighted by atomic mass is 15.3. The molecule has 0 aliphatic carbocycles. The van der Waals surface area contributed by atoms with Crippen LogP contribution in [-0.4, -0.2) is 26.8 Å². The van der Waals surface area contributed by atoms with E-state index in [1.165, 1.54) is 19.3 Å². The smallest absolute Gasteiger partial charge is 0.137 e. The van der Waals surface area contributed by atoms with Crippen LogP contribution in [0.15, 0.2) is 12.7 Å². The Morgan fingerprint density at radius 2 is 2.00 bits per heavy atom. The van der Waals surface area contributed by atoms with Crippen molar-refractivity contribution in [2.45, 2.75) is 52.1 Å². The zero-order valence-electron chi connectivity index (χ0n) is 10.0. The minimum absolute atomic E-state index is 0.242. The fraction of sp³-hybridized carbons (Fsp3) is 0.818. The van der Waals surface area contributed by atoms with Crippen molar-refractivity contribution in [1.29, 1.82) is 0 Å². The van der Waals surface area contributed by atoms with Crippen molar-refractivity contribution in [1.82, 2.24) is 20.1 Å². The van der Waals surface area contributed by atoms with Crippen molar-refractivity contribution in [3.8, 4) is 0 Å². The summed E-state index contributed by atoms with van der Waals surface area (Å²) in [7, 11) is 0. The van der Waals surface area contributed by atoms with Gasteiger partial charge in [-0.3, -0.25) is 4.68 Å². The van der Waals surface area contributed by atoms with E-state index in [1.54, 1.807) is 12.7 Å². The third-order valence-corrected chi connectivity index (χ3v) is 2.19. The summed E-state index contributed by atoms with van der Waals surface area (Å²) < 4.78 is 1.89. The minimum atomic E-state index is 0.242. The van der Waals surface area contributed by atoms with Crippen LogP contribution >= 0.6 is 0 Å². The molecule has 86 valence electrons. The van der Waals surface area contributed by atoms with E-state index >= 15 is 0 Å². The molecule has 1 aromatic heterocycles. The first-order valence-corrected chi connectivity index (χ1v) is 5.65. The summed E-state index contributed by atoms with van der Waals surface area (Å²) in [5.74, 6) is 0. The van der Waals surface area contributed by atoms with Crippen molar-refractivity contribution >= 4 is 0 Å². The monoisotopic (exact) mass is 210 g/mol. The average Bonchev–Trinajstić information content (AvgIpc) is 2.61. The highest BCUT2D eigenvalue weighted by Crippen LogP contribution is 2.01. The number of rotatable bonds is 6. The van der Waals surface area contributed by atoms with Crippen LogP contribution in [0.5, 0.6) is 0 Å². The third-order valence-electron chi connectivity index (χ3n) is 2.19. The highest BCUT2D eigenvalue weighted by Gasteiger charge is 2.06. The molecule has 0 fully saturated rings. The Bertz CT molecular complexity index is 248. The topological polar surface area (TPSA) is 42.7 Å². The lowest BCUT2D eigenvalue weighted by atomic mass is 10.1. The lowest BCUT2D eigenvalue weighted by molar-refractivity contribution is 0.413. The van der Waals surface area contributed by atoms with Crippen molar-refractivity contribution in [2.75, 3.05) is 6.54 Å². The molecule has 0 radical (unpaired) electrons. The summed E-state index contributed by atoms with van der Waals surface area (Å²) >= 11 is 0. The highest BCUT2D eigenvalue weighted by molar-refractivity contribution is 4.69. The van der Waals surface area contributed by atoms with Crippen LogP contribution in [-0.2, 0) is 6.54 Å². The molecule has 0 saturated carbocycles. The summed E-state index contributed by atoms with van der Waals surface area (Å²) in [5.41, 5.74) is 0.242. The molecule has 0 atom stereocenters. The lowest BCUT2D eigenvalue weighted by Crippen LogP contribution is -2.36. The number of unbranched alkanes of at least 4 members (excludes halogenated alkanes) is 2. The van der Waals surface area contributed by atoms with E-state index in [4.69, 9.17) is 0 Å². The van der Waals surface area contributed by atoms with E-state index in [0.717, 1.165) is 13.1 Å². The summed E-state index contributed by atoms with van der Waals surface area (Å²) in [5, 5.41) is 7.54. The number of nitrogens with zero attached hydrogens (tertiary/aromatic N) is 3.